The van der Waals surface area contributed by atoms with E-state index in [2.05, 4.69) is 5.32 Å². The SMILES string of the molecule is CN(C)CC(=O)Nc1cc2c(cc1[N+](=O)[O-])OCO2. The van der Waals surface area contributed by atoms with Gasteiger partial charge in [0.2, 0.25) is 12.7 Å². The minimum atomic E-state index is -0.576. The van der Waals surface area contributed by atoms with Gasteiger partial charge in [-0.2, -0.15) is 0 Å². The Kier molecular flexibility index (Phi) is 3.52. The standard InChI is InChI=1S/C11H13N3O5/c1-13(2)5-11(15)12-7-3-9-10(19-6-18-9)4-8(7)14(16)17/h3-4H,5-6H2,1-2H3,(H,12,15). The third kappa shape index (κ3) is 2.91. The second-order valence-corrected chi connectivity index (χ2v) is 4.27. The molecule has 0 bridgehead atoms. The molecule has 0 spiro atoms. The molecule has 8 heteroatoms. The largest absolute Gasteiger partial charge is 0.454 e. The maximum atomic E-state index is 11.7. The molecule has 0 saturated heterocycles. The van der Waals surface area contributed by atoms with E-state index in [1.807, 2.05) is 0 Å². The zero-order chi connectivity index (χ0) is 14.0. The molecule has 1 N–H and O–H groups in total. The van der Waals surface area contributed by atoms with Gasteiger partial charge in [0.15, 0.2) is 11.5 Å². The molecule has 1 aliphatic heterocycles. The molecule has 0 aromatic heterocycles. The van der Waals surface area contributed by atoms with Crippen LogP contribution < -0.4 is 14.8 Å². The van der Waals surface area contributed by atoms with Crippen LogP contribution in [-0.4, -0.2) is 43.2 Å². The average molecular weight is 267 g/mol. The van der Waals surface area contributed by atoms with Crippen LogP contribution in [0.4, 0.5) is 11.4 Å². The minimum absolute atomic E-state index is 0.0155. The van der Waals surface area contributed by atoms with Gasteiger partial charge in [0.25, 0.3) is 5.69 Å². The van der Waals surface area contributed by atoms with Crippen LogP contribution in [0.2, 0.25) is 0 Å². The van der Waals surface area contributed by atoms with Crippen molar-refractivity contribution < 1.29 is 19.2 Å². The first-order chi connectivity index (χ1) is 8.97. The second-order valence-electron chi connectivity index (χ2n) is 4.27. The molecule has 1 heterocycles. The quantitative estimate of drug-likeness (QED) is 0.641. The highest BCUT2D eigenvalue weighted by Gasteiger charge is 2.24. The third-order valence-corrected chi connectivity index (χ3v) is 2.42. The lowest BCUT2D eigenvalue weighted by Gasteiger charge is -2.10. The molecular formula is C11H13N3O5. The van der Waals surface area contributed by atoms with Crippen molar-refractivity contribution in [3.05, 3.63) is 22.2 Å². The van der Waals surface area contributed by atoms with Gasteiger partial charge < -0.3 is 19.7 Å². The highest BCUT2D eigenvalue weighted by Crippen LogP contribution is 2.40. The van der Waals surface area contributed by atoms with Crippen molar-refractivity contribution >= 4 is 17.3 Å². The van der Waals surface area contributed by atoms with Crippen LogP contribution in [0, 0.1) is 10.1 Å². The van der Waals surface area contributed by atoms with Gasteiger partial charge in [-0.05, 0) is 14.1 Å². The molecule has 0 radical (unpaired) electrons. The fourth-order valence-corrected chi connectivity index (χ4v) is 1.66. The summed E-state index contributed by atoms with van der Waals surface area (Å²) >= 11 is 0. The zero-order valence-corrected chi connectivity index (χ0v) is 10.5. The maximum Gasteiger partial charge on any atom is 0.296 e. The number of nitrogens with zero attached hydrogens (tertiary/aromatic N) is 2. The number of carbonyl (C=O) groups is 1. The van der Waals surface area contributed by atoms with E-state index in [-0.39, 0.29) is 30.6 Å². The van der Waals surface area contributed by atoms with E-state index >= 15 is 0 Å². The van der Waals surface area contributed by atoms with Crippen molar-refractivity contribution in [1.82, 2.24) is 4.90 Å². The Bertz CT molecular complexity index is 529. The third-order valence-electron chi connectivity index (χ3n) is 2.42. The summed E-state index contributed by atoms with van der Waals surface area (Å²) in [6, 6.07) is 2.64. The Morgan fingerprint density at radius 2 is 2.05 bits per heavy atom. The Morgan fingerprint density at radius 3 is 2.63 bits per heavy atom. The van der Waals surface area contributed by atoms with Gasteiger partial charge in [-0.25, -0.2) is 0 Å². The van der Waals surface area contributed by atoms with Crippen LogP contribution in [0.15, 0.2) is 12.1 Å². The summed E-state index contributed by atoms with van der Waals surface area (Å²) in [4.78, 5) is 23.7. The Morgan fingerprint density at radius 1 is 1.42 bits per heavy atom. The summed E-state index contributed by atoms with van der Waals surface area (Å²) in [5.74, 6) is 0.343. The highest BCUT2D eigenvalue weighted by atomic mass is 16.7. The van der Waals surface area contributed by atoms with Gasteiger partial charge in [-0.3, -0.25) is 14.9 Å². The molecule has 0 aliphatic carbocycles. The summed E-state index contributed by atoms with van der Waals surface area (Å²) in [6.45, 7) is 0.146. The first-order valence-corrected chi connectivity index (χ1v) is 5.50. The first kappa shape index (κ1) is 13.1. The lowest BCUT2D eigenvalue weighted by Crippen LogP contribution is -2.27. The van der Waals surface area contributed by atoms with Crippen LogP contribution in [0.5, 0.6) is 11.5 Å². The number of carbonyl (C=O) groups excluding carboxylic acids is 1. The highest BCUT2D eigenvalue weighted by molar-refractivity contribution is 5.95. The number of rotatable bonds is 4. The van der Waals surface area contributed by atoms with Crippen LogP contribution >= 0.6 is 0 Å². The molecule has 1 aromatic rings. The zero-order valence-electron chi connectivity index (χ0n) is 10.5. The van der Waals surface area contributed by atoms with Gasteiger partial charge in [0, 0.05) is 6.07 Å². The van der Waals surface area contributed by atoms with E-state index in [0.717, 1.165) is 0 Å². The number of nitrogens with one attached hydrogen (secondary N) is 1. The summed E-state index contributed by atoms with van der Waals surface area (Å²) in [7, 11) is 3.46. The number of ether oxygens (including phenoxy) is 2. The Balaban J connectivity index is 2.28. The summed E-state index contributed by atoms with van der Waals surface area (Å²) in [5.41, 5.74) is -0.127. The number of hydrogen-bond donors (Lipinski definition) is 1. The van der Waals surface area contributed by atoms with E-state index in [9.17, 15) is 14.9 Å². The number of nitro benzene ring substituents is 1. The molecule has 0 fully saturated rings. The first-order valence-electron chi connectivity index (χ1n) is 5.50. The number of anilines is 1. The second kappa shape index (κ2) is 5.11. The normalized spacial score (nSPS) is 12.6. The molecule has 1 aromatic carbocycles. The van der Waals surface area contributed by atoms with Crippen molar-refractivity contribution in [1.29, 1.82) is 0 Å². The molecule has 102 valence electrons. The average Bonchev–Trinajstić information content (AvgIpc) is 2.73. The summed E-state index contributed by atoms with van der Waals surface area (Å²) < 4.78 is 10.2. The van der Waals surface area contributed by atoms with Gasteiger partial charge in [-0.15, -0.1) is 0 Å². The topological polar surface area (TPSA) is 93.9 Å². The predicted octanol–water partition coefficient (Wildman–Crippen LogP) is 0.824. The maximum absolute atomic E-state index is 11.7. The van der Waals surface area contributed by atoms with Gasteiger partial charge in [0.05, 0.1) is 17.5 Å². The van der Waals surface area contributed by atoms with Crippen molar-refractivity contribution in [2.45, 2.75) is 0 Å². The van der Waals surface area contributed by atoms with Crippen molar-refractivity contribution in [3.8, 4) is 11.5 Å². The lowest BCUT2D eigenvalue weighted by atomic mass is 10.2. The minimum Gasteiger partial charge on any atom is -0.454 e. The van der Waals surface area contributed by atoms with E-state index in [0.29, 0.717) is 11.5 Å². The molecule has 0 unspecified atom stereocenters. The number of likely N-dealkylation sites (N-methyl/N-ethyl adjacent to an activating group) is 1. The van der Waals surface area contributed by atoms with Crippen LogP contribution in [0.1, 0.15) is 0 Å². The molecular weight excluding hydrogens is 254 g/mol. The molecule has 8 nitrogen and oxygen atoms in total. The van der Waals surface area contributed by atoms with Gasteiger partial charge in [0.1, 0.15) is 5.69 Å². The van der Waals surface area contributed by atoms with E-state index < -0.39 is 4.92 Å². The number of nitro groups is 1. The molecule has 19 heavy (non-hydrogen) atoms. The van der Waals surface area contributed by atoms with Crippen molar-refractivity contribution in [2.75, 3.05) is 32.7 Å². The van der Waals surface area contributed by atoms with E-state index in [1.165, 1.54) is 12.1 Å². The lowest BCUT2D eigenvalue weighted by molar-refractivity contribution is -0.384. The number of fused-ring (bicyclic) bond motifs is 1. The monoisotopic (exact) mass is 267 g/mol. The van der Waals surface area contributed by atoms with Crippen molar-refractivity contribution in [3.63, 3.8) is 0 Å². The number of amides is 1. The molecule has 1 aliphatic rings. The smallest absolute Gasteiger partial charge is 0.296 e. The molecule has 1 amide bonds. The van der Waals surface area contributed by atoms with Gasteiger partial charge in [-0.1, -0.05) is 0 Å². The fraction of sp³-hybridized carbons (Fsp3) is 0.364. The summed E-state index contributed by atoms with van der Waals surface area (Å²) in [5, 5.41) is 13.5. The fourth-order valence-electron chi connectivity index (χ4n) is 1.66. The van der Waals surface area contributed by atoms with Crippen LogP contribution in [-0.2, 0) is 4.79 Å². The predicted molar refractivity (Wildman–Crippen MR) is 66.4 cm³/mol. The Hall–Kier alpha value is -2.35. The van der Waals surface area contributed by atoms with Crippen LogP contribution in [0.25, 0.3) is 0 Å². The van der Waals surface area contributed by atoms with Gasteiger partial charge >= 0.3 is 0 Å². The molecule has 0 saturated carbocycles. The van der Waals surface area contributed by atoms with E-state index in [1.54, 1.807) is 19.0 Å². The molecule has 2 rings (SSSR count). The molecule has 0 atom stereocenters. The van der Waals surface area contributed by atoms with Crippen molar-refractivity contribution in [2.24, 2.45) is 0 Å². The van der Waals surface area contributed by atoms with Crippen LogP contribution in [0.3, 0.4) is 0 Å². The number of hydrogen-bond acceptors (Lipinski definition) is 6. The summed E-state index contributed by atoms with van der Waals surface area (Å²) in [6.07, 6.45) is 0. The number of benzene rings is 1. The Labute approximate surface area is 109 Å². The van der Waals surface area contributed by atoms with E-state index in [4.69, 9.17) is 9.47 Å².